The van der Waals surface area contributed by atoms with Gasteiger partial charge in [-0.15, -0.1) is 11.3 Å². The molecule has 0 saturated carbocycles. The molecular formula is C19H16N2OS. The first-order valence-electron chi connectivity index (χ1n) is 7.69. The van der Waals surface area contributed by atoms with Crippen molar-refractivity contribution in [3.63, 3.8) is 0 Å². The highest BCUT2D eigenvalue weighted by Gasteiger charge is 2.15. The first kappa shape index (κ1) is 14.2. The van der Waals surface area contributed by atoms with Crippen LogP contribution in [0.15, 0.2) is 47.3 Å². The molecule has 0 bridgehead atoms. The van der Waals surface area contributed by atoms with E-state index in [0.717, 1.165) is 49.0 Å². The number of aryl methyl sites for hydroxylation is 1. The van der Waals surface area contributed by atoms with Crippen LogP contribution in [0.5, 0.6) is 0 Å². The number of hydrogen-bond donors (Lipinski definition) is 1. The summed E-state index contributed by atoms with van der Waals surface area (Å²) in [4.78, 5) is 17.9. The minimum Gasteiger partial charge on any atom is -0.369 e. The number of anilines is 1. The number of para-hydroxylation sites is 1. The van der Waals surface area contributed by atoms with Crippen molar-refractivity contribution in [2.24, 2.45) is 0 Å². The zero-order valence-corrected chi connectivity index (χ0v) is 13.8. The highest BCUT2D eigenvalue weighted by Crippen LogP contribution is 2.34. The number of nitrogens with one attached hydrogen (secondary N) is 1. The van der Waals surface area contributed by atoms with Gasteiger partial charge in [0, 0.05) is 22.0 Å². The quantitative estimate of drug-likeness (QED) is 0.430. The molecule has 0 atom stereocenters. The summed E-state index contributed by atoms with van der Waals surface area (Å²) in [6.07, 6.45) is 0. The number of hydrogen-bond acceptors (Lipinski definition) is 4. The summed E-state index contributed by atoms with van der Waals surface area (Å²) < 4.78 is 1.98. The number of benzene rings is 2. The Balaban J connectivity index is 2.32. The van der Waals surface area contributed by atoms with E-state index in [-0.39, 0.29) is 5.43 Å². The van der Waals surface area contributed by atoms with E-state index < -0.39 is 0 Å². The lowest BCUT2D eigenvalue weighted by molar-refractivity contribution is 1.19. The predicted molar refractivity (Wildman–Crippen MR) is 99.8 cm³/mol. The lowest BCUT2D eigenvalue weighted by atomic mass is 10.1. The third-order valence-electron chi connectivity index (χ3n) is 4.08. The van der Waals surface area contributed by atoms with Crippen molar-refractivity contribution in [3.05, 3.63) is 58.3 Å². The smallest absolute Gasteiger partial charge is 0.196 e. The van der Waals surface area contributed by atoms with Gasteiger partial charge in [-0.3, -0.25) is 4.79 Å². The standard InChI is InChI=1S/C19H16N2OS/c1-3-20-19-18-15(12-8-4-5-10-14(12)21-19)16(22)13-9-6-7-11(2)17(13)23-18/h4-10H,3H2,1-2H3,(H,20,21). The molecule has 0 fully saturated rings. The Hall–Kier alpha value is -2.46. The van der Waals surface area contributed by atoms with Gasteiger partial charge in [-0.25, -0.2) is 4.98 Å². The molecule has 4 rings (SSSR count). The zero-order chi connectivity index (χ0) is 16.0. The van der Waals surface area contributed by atoms with Gasteiger partial charge in [0.05, 0.1) is 15.6 Å². The summed E-state index contributed by atoms with van der Waals surface area (Å²) in [5.41, 5.74) is 2.07. The maximum atomic E-state index is 13.2. The van der Waals surface area contributed by atoms with Crippen LogP contribution in [0.3, 0.4) is 0 Å². The van der Waals surface area contributed by atoms with Crippen molar-refractivity contribution < 1.29 is 0 Å². The molecule has 2 aromatic heterocycles. The fraction of sp³-hybridized carbons (Fsp3) is 0.158. The van der Waals surface area contributed by atoms with E-state index in [1.165, 1.54) is 0 Å². The van der Waals surface area contributed by atoms with E-state index in [1.54, 1.807) is 11.3 Å². The van der Waals surface area contributed by atoms with E-state index in [2.05, 4.69) is 5.32 Å². The Labute approximate surface area is 137 Å². The van der Waals surface area contributed by atoms with Crippen molar-refractivity contribution in [2.45, 2.75) is 13.8 Å². The highest BCUT2D eigenvalue weighted by molar-refractivity contribution is 7.25. The van der Waals surface area contributed by atoms with E-state index in [4.69, 9.17) is 4.98 Å². The van der Waals surface area contributed by atoms with Crippen LogP contribution in [0.4, 0.5) is 5.82 Å². The largest absolute Gasteiger partial charge is 0.369 e. The molecular weight excluding hydrogens is 304 g/mol. The van der Waals surface area contributed by atoms with Crippen molar-refractivity contribution in [1.29, 1.82) is 0 Å². The first-order valence-corrected chi connectivity index (χ1v) is 8.51. The summed E-state index contributed by atoms with van der Waals surface area (Å²) in [5, 5.41) is 5.80. The van der Waals surface area contributed by atoms with Crippen molar-refractivity contribution in [3.8, 4) is 0 Å². The highest BCUT2D eigenvalue weighted by atomic mass is 32.1. The van der Waals surface area contributed by atoms with Crippen LogP contribution in [0, 0.1) is 6.92 Å². The average molecular weight is 320 g/mol. The third kappa shape index (κ3) is 2.10. The molecule has 0 aliphatic carbocycles. The van der Waals surface area contributed by atoms with Crippen LogP contribution in [0.1, 0.15) is 12.5 Å². The van der Waals surface area contributed by atoms with Gasteiger partial charge in [0.15, 0.2) is 5.43 Å². The third-order valence-corrected chi connectivity index (χ3v) is 5.43. The fourth-order valence-corrected chi connectivity index (χ4v) is 4.23. The van der Waals surface area contributed by atoms with Crippen LogP contribution < -0.4 is 10.7 Å². The minimum absolute atomic E-state index is 0.0928. The Kier molecular flexibility index (Phi) is 3.27. The minimum atomic E-state index is 0.0928. The van der Waals surface area contributed by atoms with Crippen LogP contribution in [-0.2, 0) is 0 Å². The second kappa shape index (κ2) is 5.32. The molecule has 114 valence electrons. The molecule has 23 heavy (non-hydrogen) atoms. The van der Waals surface area contributed by atoms with Crippen molar-refractivity contribution in [2.75, 3.05) is 11.9 Å². The van der Waals surface area contributed by atoms with Crippen molar-refractivity contribution >= 4 is 48.2 Å². The number of aromatic nitrogens is 1. The molecule has 2 heterocycles. The van der Waals surface area contributed by atoms with Gasteiger partial charge < -0.3 is 5.32 Å². The molecule has 2 aromatic carbocycles. The van der Waals surface area contributed by atoms with Crippen LogP contribution >= 0.6 is 11.3 Å². The molecule has 1 N–H and O–H groups in total. The molecule has 0 radical (unpaired) electrons. The lowest BCUT2D eigenvalue weighted by Crippen LogP contribution is -2.06. The van der Waals surface area contributed by atoms with Crippen LogP contribution in [0.2, 0.25) is 0 Å². The van der Waals surface area contributed by atoms with Gasteiger partial charge in [0.25, 0.3) is 0 Å². The maximum absolute atomic E-state index is 13.2. The molecule has 4 heteroatoms. The summed E-state index contributed by atoms with van der Waals surface area (Å²) in [5.74, 6) is 0.799. The molecule has 4 aromatic rings. The zero-order valence-electron chi connectivity index (χ0n) is 13.0. The number of rotatable bonds is 2. The monoisotopic (exact) mass is 320 g/mol. The molecule has 3 nitrogen and oxygen atoms in total. The normalized spacial score (nSPS) is 11.4. The second-order valence-electron chi connectivity index (χ2n) is 5.59. The number of pyridine rings is 1. The van der Waals surface area contributed by atoms with Crippen molar-refractivity contribution in [1.82, 2.24) is 4.98 Å². The van der Waals surface area contributed by atoms with Gasteiger partial charge in [-0.2, -0.15) is 0 Å². The van der Waals surface area contributed by atoms with Gasteiger partial charge in [-0.1, -0.05) is 30.3 Å². The molecule has 0 aliphatic rings. The molecule has 0 aliphatic heterocycles. The van der Waals surface area contributed by atoms with Crippen LogP contribution in [0.25, 0.3) is 31.1 Å². The van der Waals surface area contributed by atoms with E-state index in [9.17, 15) is 4.79 Å². The molecule has 0 amide bonds. The SMILES string of the molecule is CCNc1nc2ccccc2c2c(=O)c3cccc(C)c3sc12. The topological polar surface area (TPSA) is 42.0 Å². The fourth-order valence-electron chi connectivity index (χ4n) is 3.01. The van der Waals surface area contributed by atoms with E-state index in [0.29, 0.717) is 0 Å². The van der Waals surface area contributed by atoms with E-state index >= 15 is 0 Å². The number of fused-ring (bicyclic) bond motifs is 4. The Morgan fingerprint density at radius 1 is 1.04 bits per heavy atom. The Morgan fingerprint density at radius 3 is 2.65 bits per heavy atom. The van der Waals surface area contributed by atoms with Gasteiger partial charge >= 0.3 is 0 Å². The number of nitrogens with zero attached hydrogens (tertiary/aromatic N) is 1. The maximum Gasteiger partial charge on any atom is 0.196 e. The van der Waals surface area contributed by atoms with E-state index in [1.807, 2.05) is 56.3 Å². The summed E-state index contributed by atoms with van der Waals surface area (Å²) in [6, 6.07) is 13.8. The summed E-state index contributed by atoms with van der Waals surface area (Å²) in [6.45, 7) is 4.86. The summed E-state index contributed by atoms with van der Waals surface area (Å²) >= 11 is 1.65. The Morgan fingerprint density at radius 2 is 1.83 bits per heavy atom. The molecule has 0 saturated heterocycles. The second-order valence-corrected chi connectivity index (χ2v) is 6.62. The molecule has 0 spiro atoms. The lowest BCUT2D eigenvalue weighted by Gasteiger charge is -2.11. The van der Waals surface area contributed by atoms with Gasteiger partial charge in [0.1, 0.15) is 5.82 Å². The average Bonchev–Trinajstić information content (AvgIpc) is 2.56. The Bertz CT molecular complexity index is 1110. The molecule has 0 unspecified atom stereocenters. The van der Waals surface area contributed by atoms with Gasteiger partial charge in [-0.05, 0) is 31.5 Å². The summed E-state index contributed by atoms with van der Waals surface area (Å²) in [7, 11) is 0. The van der Waals surface area contributed by atoms with Crippen LogP contribution in [-0.4, -0.2) is 11.5 Å². The predicted octanol–water partition coefficient (Wildman–Crippen LogP) is 4.70. The first-order chi connectivity index (χ1) is 11.2. The van der Waals surface area contributed by atoms with Gasteiger partial charge in [0.2, 0.25) is 0 Å².